The molecule has 1 aliphatic rings. The molecule has 1 aliphatic heterocycles. The molecule has 0 radical (unpaired) electrons. The van der Waals surface area contributed by atoms with Crippen LogP contribution in [0.15, 0.2) is 47.5 Å². The summed E-state index contributed by atoms with van der Waals surface area (Å²) >= 11 is 6.29. The van der Waals surface area contributed by atoms with Gasteiger partial charge in [0.1, 0.15) is 12.4 Å². The number of hydrogen-bond acceptors (Lipinski definition) is 5. The van der Waals surface area contributed by atoms with Gasteiger partial charge in [0, 0.05) is 27.9 Å². The van der Waals surface area contributed by atoms with Crippen LogP contribution in [0.25, 0.3) is 0 Å². The average molecular weight is 432 g/mol. The van der Waals surface area contributed by atoms with Crippen molar-refractivity contribution >= 4 is 29.0 Å². The van der Waals surface area contributed by atoms with Crippen molar-refractivity contribution < 1.29 is 13.9 Å². The number of esters is 1. The highest BCUT2D eigenvalue weighted by atomic mass is 35.5. The molecule has 1 heterocycles. The quantitative estimate of drug-likeness (QED) is 0.522. The number of anilines is 1. The number of carbonyl (C=O) groups is 1. The molecular formula is C23H27ClFN3O2. The van der Waals surface area contributed by atoms with Gasteiger partial charge in [0.15, 0.2) is 0 Å². The minimum absolute atomic E-state index is 0.197. The molecule has 160 valence electrons. The molecule has 30 heavy (non-hydrogen) atoms. The molecule has 2 aromatic carbocycles. The van der Waals surface area contributed by atoms with Crippen LogP contribution in [0, 0.1) is 5.82 Å². The summed E-state index contributed by atoms with van der Waals surface area (Å²) in [5.41, 5.74) is 2.17. The summed E-state index contributed by atoms with van der Waals surface area (Å²) in [5, 5.41) is 4.09. The van der Waals surface area contributed by atoms with Gasteiger partial charge in [0.2, 0.25) is 0 Å². The van der Waals surface area contributed by atoms with Crippen molar-refractivity contribution in [3.8, 4) is 0 Å². The van der Waals surface area contributed by atoms with E-state index in [0.29, 0.717) is 27.9 Å². The molecule has 1 saturated heterocycles. The molecule has 5 nitrogen and oxygen atoms in total. The zero-order chi connectivity index (χ0) is 21.5. The third-order valence-electron chi connectivity index (χ3n) is 5.12. The van der Waals surface area contributed by atoms with Crippen molar-refractivity contribution in [1.82, 2.24) is 4.90 Å². The Kier molecular flexibility index (Phi) is 7.82. The summed E-state index contributed by atoms with van der Waals surface area (Å²) in [4.78, 5) is 18.7. The first-order valence-corrected chi connectivity index (χ1v) is 10.6. The van der Waals surface area contributed by atoms with E-state index in [1.807, 2.05) is 6.07 Å². The molecule has 0 spiro atoms. The van der Waals surface area contributed by atoms with Crippen LogP contribution in [-0.2, 0) is 9.53 Å². The first-order valence-electron chi connectivity index (χ1n) is 10.2. The molecule has 0 unspecified atom stereocenters. The summed E-state index contributed by atoms with van der Waals surface area (Å²) < 4.78 is 19.7. The standard InChI is InChI=1S/C23H27ClFN3O2/c1-3-30-22(29)15-26-23(18-6-4-5-7-20(18)25)19-14-16(24)8-9-21(19)27-17-10-12-28(2)13-11-17/h4-9,14,17,27H,3,10-13,15H2,1-2H3. The van der Waals surface area contributed by atoms with E-state index in [2.05, 4.69) is 22.3 Å². The molecular weight excluding hydrogens is 405 g/mol. The highest BCUT2D eigenvalue weighted by molar-refractivity contribution is 6.31. The number of benzene rings is 2. The predicted molar refractivity (Wildman–Crippen MR) is 119 cm³/mol. The summed E-state index contributed by atoms with van der Waals surface area (Å²) in [5.74, 6) is -0.872. The highest BCUT2D eigenvalue weighted by Gasteiger charge is 2.21. The third-order valence-corrected chi connectivity index (χ3v) is 5.35. The van der Waals surface area contributed by atoms with Crippen molar-refractivity contribution in [1.29, 1.82) is 0 Å². The number of carbonyl (C=O) groups excluding carboxylic acids is 1. The zero-order valence-electron chi connectivity index (χ0n) is 17.3. The summed E-state index contributed by atoms with van der Waals surface area (Å²) in [6.45, 7) is 3.83. The van der Waals surface area contributed by atoms with Crippen LogP contribution in [0.3, 0.4) is 0 Å². The second kappa shape index (κ2) is 10.5. The Balaban J connectivity index is 1.99. The molecule has 0 aromatic heterocycles. The Morgan fingerprint density at radius 2 is 1.97 bits per heavy atom. The molecule has 0 amide bonds. The number of hydrogen-bond donors (Lipinski definition) is 1. The molecule has 0 aliphatic carbocycles. The SMILES string of the molecule is CCOC(=O)CN=C(c1ccccc1F)c1cc(Cl)ccc1NC1CCN(C)CC1. The molecule has 2 aromatic rings. The molecule has 0 saturated carbocycles. The largest absolute Gasteiger partial charge is 0.465 e. The number of rotatable bonds is 7. The number of likely N-dealkylation sites (tertiary alicyclic amines) is 1. The number of halogens is 2. The van der Waals surface area contributed by atoms with E-state index >= 15 is 0 Å². The lowest BCUT2D eigenvalue weighted by molar-refractivity contribution is -0.141. The van der Waals surface area contributed by atoms with Crippen LogP contribution in [0.2, 0.25) is 5.02 Å². The predicted octanol–water partition coefficient (Wildman–Crippen LogP) is 4.39. The highest BCUT2D eigenvalue weighted by Crippen LogP contribution is 2.27. The van der Waals surface area contributed by atoms with Gasteiger partial charge in [-0.15, -0.1) is 0 Å². The maximum Gasteiger partial charge on any atom is 0.327 e. The normalized spacial score (nSPS) is 15.8. The van der Waals surface area contributed by atoms with Gasteiger partial charge < -0.3 is 15.0 Å². The second-order valence-corrected chi connectivity index (χ2v) is 7.80. The van der Waals surface area contributed by atoms with E-state index in [-0.39, 0.29) is 13.2 Å². The van der Waals surface area contributed by atoms with Gasteiger partial charge in [0.05, 0.1) is 12.3 Å². The van der Waals surface area contributed by atoms with Crippen LogP contribution in [-0.4, -0.2) is 55.9 Å². The van der Waals surface area contributed by atoms with Crippen molar-refractivity contribution in [3.05, 3.63) is 64.4 Å². The molecule has 1 fully saturated rings. The number of piperidine rings is 1. The molecule has 7 heteroatoms. The van der Waals surface area contributed by atoms with Crippen LogP contribution in [0.1, 0.15) is 30.9 Å². The van der Waals surface area contributed by atoms with E-state index < -0.39 is 11.8 Å². The van der Waals surface area contributed by atoms with Crippen LogP contribution in [0.5, 0.6) is 0 Å². The van der Waals surface area contributed by atoms with Crippen LogP contribution < -0.4 is 5.32 Å². The first-order chi connectivity index (χ1) is 14.5. The van der Waals surface area contributed by atoms with E-state index in [0.717, 1.165) is 31.6 Å². The van der Waals surface area contributed by atoms with Crippen LogP contribution >= 0.6 is 11.6 Å². The minimum atomic E-state index is -0.460. The van der Waals surface area contributed by atoms with Gasteiger partial charge in [-0.3, -0.25) is 9.79 Å². The molecule has 3 rings (SSSR count). The van der Waals surface area contributed by atoms with Gasteiger partial charge in [-0.25, -0.2) is 4.39 Å². The van der Waals surface area contributed by atoms with Gasteiger partial charge in [0.25, 0.3) is 0 Å². The maximum atomic E-state index is 14.7. The van der Waals surface area contributed by atoms with Crippen molar-refractivity contribution in [3.63, 3.8) is 0 Å². The average Bonchev–Trinajstić information content (AvgIpc) is 2.73. The second-order valence-electron chi connectivity index (χ2n) is 7.36. The van der Waals surface area contributed by atoms with E-state index in [1.165, 1.54) is 6.07 Å². The monoisotopic (exact) mass is 431 g/mol. The lowest BCUT2D eigenvalue weighted by atomic mass is 9.98. The van der Waals surface area contributed by atoms with Crippen molar-refractivity contribution in [2.24, 2.45) is 4.99 Å². The lowest BCUT2D eigenvalue weighted by Gasteiger charge is -2.31. The van der Waals surface area contributed by atoms with E-state index in [4.69, 9.17) is 16.3 Å². The smallest absolute Gasteiger partial charge is 0.327 e. The molecule has 0 bridgehead atoms. The fourth-order valence-corrected chi connectivity index (χ4v) is 3.70. The zero-order valence-corrected chi connectivity index (χ0v) is 18.1. The fourth-order valence-electron chi connectivity index (χ4n) is 3.53. The van der Waals surface area contributed by atoms with Crippen molar-refractivity contribution in [2.45, 2.75) is 25.8 Å². The Morgan fingerprint density at radius 1 is 1.23 bits per heavy atom. The van der Waals surface area contributed by atoms with Gasteiger partial charge in [-0.05, 0) is 70.2 Å². The topological polar surface area (TPSA) is 53.9 Å². The van der Waals surface area contributed by atoms with E-state index in [1.54, 1.807) is 37.3 Å². The van der Waals surface area contributed by atoms with Crippen LogP contribution in [0.4, 0.5) is 10.1 Å². The molecule has 1 N–H and O–H groups in total. The fraction of sp³-hybridized carbons (Fsp3) is 0.391. The number of nitrogens with zero attached hydrogens (tertiary/aromatic N) is 2. The summed E-state index contributed by atoms with van der Waals surface area (Å²) in [7, 11) is 2.11. The molecule has 0 atom stereocenters. The lowest BCUT2D eigenvalue weighted by Crippen LogP contribution is -2.37. The Bertz CT molecular complexity index is 911. The van der Waals surface area contributed by atoms with Gasteiger partial charge in [-0.1, -0.05) is 23.7 Å². The third kappa shape index (κ3) is 5.80. The Labute approximate surface area is 181 Å². The first kappa shape index (κ1) is 22.2. The Hall–Kier alpha value is -2.44. The Morgan fingerprint density at radius 3 is 2.67 bits per heavy atom. The number of ether oxygens (including phenoxy) is 1. The van der Waals surface area contributed by atoms with Gasteiger partial charge in [-0.2, -0.15) is 0 Å². The maximum absolute atomic E-state index is 14.7. The number of aliphatic imine (C=N–C) groups is 1. The van der Waals surface area contributed by atoms with Gasteiger partial charge >= 0.3 is 5.97 Å². The number of nitrogens with one attached hydrogen (secondary N) is 1. The summed E-state index contributed by atoms with van der Waals surface area (Å²) in [6, 6.07) is 12.1. The summed E-state index contributed by atoms with van der Waals surface area (Å²) in [6.07, 6.45) is 2.02. The minimum Gasteiger partial charge on any atom is -0.465 e. The van der Waals surface area contributed by atoms with Crippen molar-refractivity contribution in [2.75, 3.05) is 38.6 Å². The van der Waals surface area contributed by atoms with E-state index in [9.17, 15) is 9.18 Å².